The minimum Gasteiger partial charge on any atom is -0.342 e. The van der Waals surface area contributed by atoms with Gasteiger partial charge in [0.2, 0.25) is 5.91 Å². The molecular weight excluding hydrogens is 362 g/mol. The van der Waals surface area contributed by atoms with Gasteiger partial charge in [-0.1, -0.05) is 26.0 Å². The van der Waals surface area contributed by atoms with Gasteiger partial charge in [-0.2, -0.15) is 0 Å². The number of allylic oxidation sites excluding steroid dienone is 1. The Bertz CT molecular complexity index is 770. The van der Waals surface area contributed by atoms with Crippen LogP contribution in [0.1, 0.15) is 70.1 Å². The molecule has 1 saturated heterocycles. The molecule has 152 valence electrons. The number of thiophene rings is 1. The summed E-state index contributed by atoms with van der Waals surface area (Å²) in [6.07, 6.45) is 14.9. The number of fused-ring (bicyclic) bond motifs is 5. The lowest BCUT2D eigenvalue weighted by Gasteiger charge is -2.61. The van der Waals surface area contributed by atoms with E-state index in [-0.39, 0.29) is 0 Å². The number of likely N-dealkylation sites (tertiary alicyclic amines) is 1. The summed E-state index contributed by atoms with van der Waals surface area (Å²) in [6.45, 7) is 5.14. The van der Waals surface area contributed by atoms with Gasteiger partial charge in [0.25, 0.3) is 0 Å². The monoisotopic (exact) mass is 397 g/mol. The summed E-state index contributed by atoms with van der Waals surface area (Å²) < 4.78 is 0. The third-order valence-electron chi connectivity index (χ3n) is 9.67. The lowest BCUT2D eigenvalue weighted by molar-refractivity contribution is -0.157. The Hall–Kier alpha value is -1.09. The van der Waals surface area contributed by atoms with E-state index in [0.29, 0.717) is 22.8 Å². The molecule has 0 aromatic carbocycles. The van der Waals surface area contributed by atoms with Gasteiger partial charge in [-0.3, -0.25) is 4.79 Å². The lowest BCUT2D eigenvalue weighted by Crippen LogP contribution is -2.61. The molecule has 0 bridgehead atoms. The quantitative estimate of drug-likeness (QED) is 0.578. The number of piperidine rings is 1. The van der Waals surface area contributed by atoms with Gasteiger partial charge < -0.3 is 4.90 Å². The van der Waals surface area contributed by atoms with Crippen LogP contribution in [0.4, 0.5) is 0 Å². The predicted molar refractivity (Wildman–Crippen MR) is 117 cm³/mol. The van der Waals surface area contributed by atoms with Gasteiger partial charge >= 0.3 is 0 Å². The molecule has 7 atom stereocenters. The number of carbonyl (C=O) groups excluding carboxylic acids is 1. The summed E-state index contributed by atoms with van der Waals surface area (Å²) in [6, 6.07) is 4.87. The van der Waals surface area contributed by atoms with Crippen molar-refractivity contribution in [3.8, 4) is 0 Å². The molecule has 1 aromatic rings. The molecule has 0 radical (unpaired) electrons. The third kappa shape index (κ3) is 2.68. The maximum atomic E-state index is 12.3. The van der Waals surface area contributed by atoms with Crippen LogP contribution in [0.5, 0.6) is 0 Å². The van der Waals surface area contributed by atoms with Gasteiger partial charge in [0, 0.05) is 24.4 Å². The highest BCUT2D eigenvalue weighted by molar-refractivity contribution is 7.10. The van der Waals surface area contributed by atoms with Gasteiger partial charge in [-0.05, 0) is 97.0 Å². The van der Waals surface area contributed by atoms with Crippen LogP contribution < -0.4 is 0 Å². The van der Waals surface area contributed by atoms with Crippen LogP contribution in [0.2, 0.25) is 0 Å². The average molecular weight is 398 g/mol. The van der Waals surface area contributed by atoms with E-state index in [2.05, 4.69) is 55.5 Å². The van der Waals surface area contributed by atoms with E-state index in [1.165, 1.54) is 43.4 Å². The van der Waals surface area contributed by atoms with Crippen LogP contribution in [0, 0.1) is 34.5 Å². The second-order valence-electron chi connectivity index (χ2n) is 10.6. The van der Waals surface area contributed by atoms with E-state index in [0.717, 1.165) is 36.5 Å². The summed E-state index contributed by atoms with van der Waals surface area (Å²) in [7, 11) is 2.07. The zero-order valence-electron chi connectivity index (χ0n) is 17.7. The molecule has 2 nitrogen and oxygen atoms in total. The standard InChI is InChI=1S/C25H35NOS/c1-24-14-12-21-19(9-11-22-25(21,2)15-13-23(27)26(22)3)20(24)10-7-17(24)6-8-18-5-4-16-28-18/h4-6,8,16-17,19-22H,7,9-15H2,1-3H3/b8-6+/t17-,19-,20-,21-,22+,24+,25+/m0/s1. The Morgan fingerprint density at radius 3 is 2.68 bits per heavy atom. The van der Waals surface area contributed by atoms with Crippen LogP contribution in [-0.2, 0) is 4.79 Å². The van der Waals surface area contributed by atoms with Crippen LogP contribution in [0.25, 0.3) is 6.08 Å². The van der Waals surface area contributed by atoms with Gasteiger partial charge in [0.1, 0.15) is 0 Å². The van der Waals surface area contributed by atoms with Crippen molar-refractivity contribution in [2.24, 2.45) is 34.5 Å². The lowest BCUT2D eigenvalue weighted by atomic mass is 9.47. The second-order valence-corrected chi connectivity index (χ2v) is 11.6. The first-order chi connectivity index (χ1) is 13.4. The van der Waals surface area contributed by atoms with Crippen molar-refractivity contribution in [1.29, 1.82) is 0 Å². The maximum Gasteiger partial charge on any atom is 0.222 e. The van der Waals surface area contributed by atoms with Crippen molar-refractivity contribution >= 4 is 23.3 Å². The number of rotatable bonds is 2. The Kier molecular flexibility index (Phi) is 4.54. The fraction of sp³-hybridized carbons (Fsp3) is 0.720. The van der Waals surface area contributed by atoms with Crippen LogP contribution >= 0.6 is 11.3 Å². The van der Waals surface area contributed by atoms with Crippen molar-refractivity contribution in [3.05, 3.63) is 28.5 Å². The van der Waals surface area contributed by atoms with Gasteiger partial charge in [0.05, 0.1) is 0 Å². The van der Waals surface area contributed by atoms with Crippen LogP contribution in [0.15, 0.2) is 23.6 Å². The molecule has 4 fully saturated rings. The van der Waals surface area contributed by atoms with Crippen molar-refractivity contribution < 1.29 is 4.79 Å². The van der Waals surface area contributed by atoms with Crippen molar-refractivity contribution in [2.45, 2.75) is 71.3 Å². The minimum absolute atomic E-state index is 0.345. The topological polar surface area (TPSA) is 20.3 Å². The molecule has 5 rings (SSSR count). The third-order valence-corrected chi connectivity index (χ3v) is 10.5. The first kappa shape index (κ1) is 18.9. The molecular formula is C25H35NOS. The summed E-state index contributed by atoms with van der Waals surface area (Å²) in [5.74, 6) is 3.69. The Labute approximate surface area is 174 Å². The van der Waals surface area contributed by atoms with Gasteiger partial charge in [-0.15, -0.1) is 11.3 Å². The number of hydrogen-bond acceptors (Lipinski definition) is 2. The Morgan fingerprint density at radius 1 is 1.07 bits per heavy atom. The Balaban J connectivity index is 1.38. The molecule has 0 N–H and O–H groups in total. The molecule has 0 unspecified atom stereocenters. The number of hydrogen-bond donors (Lipinski definition) is 0. The van der Waals surface area contributed by atoms with Crippen molar-refractivity contribution in [3.63, 3.8) is 0 Å². The molecule has 3 saturated carbocycles. The predicted octanol–water partition coefficient (Wildman–Crippen LogP) is 6.24. The number of nitrogens with zero attached hydrogens (tertiary/aromatic N) is 1. The normalized spacial score (nSPS) is 45.8. The highest BCUT2D eigenvalue weighted by atomic mass is 32.1. The van der Waals surface area contributed by atoms with E-state index in [1.807, 2.05) is 11.3 Å². The first-order valence-corrected chi connectivity index (χ1v) is 12.3. The molecule has 28 heavy (non-hydrogen) atoms. The molecule has 1 aliphatic heterocycles. The summed E-state index contributed by atoms with van der Waals surface area (Å²) in [5, 5.41) is 2.18. The Morgan fingerprint density at radius 2 is 1.89 bits per heavy atom. The molecule has 4 aliphatic rings. The van der Waals surface area contributed by atoms with Crippen LogP contribution in [0.3, 0.4) is 0 Å². The molecule has 2 heterocycles. The molecule has 3 heteroatoms. The smallest absolute Gasteiger partial charge is 0.222 e. The fourth-order valence-corrected chi connectivity index (χ4v) is 8.73. The van der Waals surface area contributed by atoms with Crippen molar-refractivity contribution in [2.75, 3.05) is 7.05 Å². The minimum atomic E-state index is 0.345. The first-order valence-electron chi connectivity index (χ1n) is 11.4. The van der Waals surface area contributed by atoms with Crippen LogP contribution in [-0.4, -0.2) is 23.9 Å². The van der Waals surface area contributed by atoms with Crippen molar-refractivity contribution in [1.82, 2.24) is 4.90 Å². The fourth-order valence-electron chi connectivity index (χ4n) is 8.10. The van der Waals surface area contributed by atoms with E-state index >= 15 is 0 Å². The maximum absolute atomic E-state index is 12.3. The summed E-state index contributed by atoms with van der Waals surface area (Å²) in [4.78, 5) is 15.8. The second kappa shape index (κ2) is 6.72. The summed E-state index contributed by atoms with van der Waals surface area (Å²) >= 11 is 1.85. The van der Waals surface area contributed by atoms with Gasteiger partial charge in [-0.25, -0.2) is 0 Å². The number of carbonyl (C=O) groups is 1. The van der Waals surface area contributed by atoms with Gasteiger partial charge in [0.15, 0.2) is 0 Å². The van der Waals surface area contributed by atoms with E-state index < -0.39 is 0 Å². The zero-order chi connectivity index (χ0) is 19.5. The summed E-state index contributed by atoms with van der Waals surface area (Å²) in [5.41, 5.74) is 0.826. The highest BCUT2D eigenvalue weighted by Gasteiger charge is 2.60. The average Bonchev–Trinajstić information content (AvgIpc) is 3.30. The highest BCUT2D eigenvalue weighted by Crippen LogP contribution is 2.66. The molecule has 1 aromatic heterocycles. The van der Waals surface area contributed by atoms with E-state index in [1.54, 1.807) is 0 Å². The molecule has 3 aliphatic carbocycles. The van der Waals surface area contributed by atoms with E-state index in [4.69, 9.17) is 0 Å². The SMILES string of the molecule is CN1C(=O)CC[C@]2(C)[C@H]3CC[C@]4(C)[C@@H](/C=C/c5cccs5)CC[C@H]4[C@@H]3CC[C@@H]12. The van der Waals surface area contributed by atoms with E-state index in [9.17, 15) is 4.79 Å². The largest absolute Gasteiger partial charge is 0.342 e. The molecule has 0 spiro atoms. The zero-order valence-corrected chi connectivity index (χ0v) is 18.5. The number of amides is 1. The molecule has 1 amide bonds.